The number of nitrogens with one attached hydrogen (secondary N) is 2. The molecule has 4 heteroatoms. The second-order valence-corrected chi connectivity index (χ2v) is 5.65. The van der Waals surface area contributed by atoms with Crippen molar-refractivity contribution in [2.75, 3.05) is 12.4 Å². The monoisotopic (exact) mass is 296 g/mol. The van der Waals surface area contributed by atoms with Crippen molar-refractivity contribution in [2.24, 2.45) is 0 Å². The molecule has 3 rings (SSSR count). The lowest BCUT2D eigenvalue weighted by Gasteiger charge is -2.14. The Balaban J connectivity index is 1.60. The molecule has 2 amide bonds. The van der Waals surface area contributed by atoms with Gasteiger partial charge >= 0.3 is 6.03 Å². The van der Waals surface area contributed by atoms with Gasteiger partial charge in [-0.25, -0.2) is 4.79 Å². The van der Waals surface area contributed by atoms with Gasteiger partial charge in [-0.2, -0.15) is 0 Å². The third-order valence-corrected chi connectivity index (χ3v) is 4.07. The number of rotatable bonds is 3. The number of anilines is 1. The predicted octanol–water partition coefficient (Wildman–Crippen LogP) is 3.29. The van der Waals surface area contributed by atoms with E-state index in [0.717, 1.165) is 29.8 Å². The number of aryl methyl sites for hydroxylation is 1. The number of urea groups is 1. The number of fused-ring (bicyclic) bond motifs is 1. The van der Waals surface area contributed by atoms with Gasteiger partial charge in [-0.1, -0.05) is 24.3 Å². The summed E-state index contributed by atoms with van der Waals surface area (Å²) >= 11 is 0. The van der Waals surface area contributed by atoms with E-state index in [1.807, 2.05) is 37.3 Å². The number of methoxy groups -OCH3 is 1. The van der Waals surface area contributed by atoms with Crippen molar-refractivity contribution in [3.05, 3.63) is 59.2 Å². The topological polar surface area (TPSA) is 50.4 Å². The van der Waals surface area contributed by atoms with Crippen LogP contribution in [0.15, 0.2) is 42.5 Å². The summed E-state index contributed by atoms with van der Waals surface area (Å²) in [7, 11) is 1.63. The third kappa shape index (κ3) is 3.06. The van der Waals surface area contributed by atoms with E-state index >= 15 is 0 Å². The molecule has 0 unspecified atom stereocenters. The minimum Gasteiger partial charge on any atom is -0.497 e. The van der Waals surface area contributed by atoms with Crippen molar-refractivity contribution in [3.8, 4) is 5.75 Å². The van der Waals surface area contributed by atoms with Crippen LogP contribution in [0.4, 0.5) is 10.5 Å². The van der Waals surface area contributed by atoms with Gasteiger partial charge in [-0.15, -0.1) is 0 Å². The lowest BCUT2D eigenvalue weighted by atomic mass is 10.1. The molecule has 0 heterocycles. The van der Waals surface area contributed by atoms with E-state index in [2.05, 4.69) is 22.8 Å². The van der Waals surface area contributed by atoms with E-state index < -0.39 is 0 Å². The van der Waals surface area contributed by atoms with Crippen molar-refractivity contribution in [1.29, 1.82) is 0 Å². The van der Waals surface area contributed by atoms with Crippen molar-refractivity contribution >= 4 is 11.7 Å². The molecule has 0 aliphatic heterocycles. The Morgan fingerprint density at radius 3 is 2.41 bits per heavy atom. The van der Waals surface area contributed by atoms with Gasteiger partial charge in [0.2, 0.25) is 0 Å². The fraction of sp³-hybridized carbons (Fsp3) is 0.278. The summed E-state index contributed by atoms with van der Waals surface area (Å²) in [5.74, 6) is 0.787. The van der Waals surface area contributed by atoms with E-state index in [1.165, 1.54) is 11.1 Å². The highest BCUT2D eigenvalue weighted by Gasteiger charge is 2.22. The number of carbonyl (C=O) groups is 1. The van der Waals surface area contributed by atoms with Crippen LogP contribution in [0, 0.1) is 6.92 Å². The summed E-state index contributed by atoms with van der Waals surface area (Å²) in [6.07, 6.45) is 1.79. The normalized spacial score (nSPS) is 13.5. The van der Waals surface area contributed by atoms with Gasteiger partial charge in [-0.3, -0.25) is 0 Å². The molecule has 0 atom stereocenters. The molecule has 0 radical (unpaired) electrons. The molecule has 1 aliphatic rings. The number of hydrogen-bond donors (Lipinski definition) is 2. The van der Waals surface area contributed by atoms with Crippen LogP contribution in [0.3, 0.4) is 0 Å². The van der Waals surface area contributed by atoms with E-state index in [9.17, 15) is 4.79 Å². The molecule has 2 N–H and O–H groups in total. The van der Waals surface area contributed by atoms with Crippen LogP contribution < -0.4 is 15.4 Å². The number of amides is 2. The average Bonchev–Trinajstić information content (AvgIpc) is 2.91. The summed E-state index contributed by atoms with van der Waals surface area (Å²) in [4.78, 5) is 12.2. The van der Waals surface area contributed by atoms with Crippen LogP contribution in [0.5, 0.6) is 5.75 Å². The van der Waals surface area contributed by atoms with E-state index in [4.69, 9.17) is 4.74 Å². The second kappa shape index (κ2) is 6.10. The maximum atomic E-state index is 12.2. The van der Waals surface area contributed by atoms with Gasteiger partial charge in [-0.05, 0) is 54.7 Å². The Bertz CT molecular complexity index is 672. The van der Waals surface area contributed by atoms with Crippen LogP contribution >= 0.6 is 0 Å². The SMILES string of the molecule is COc1ccc(NC(=O)NC2Cc3ccccc3C2)c(C)c1. The van der Waals surface area contributed by atoms with E-state index in [0.29, 0.717) is 0 Å². The zero-order chi connectivity index (χ0) is 15.5. The summed E-state index contributed by atoms with van der Waals surface area (Å²) in [6, 6.07) is 13.9. The molecule has 0 bridgehead atoms. The summed E-state index contributed by atoms with van der Waals surface area (Å²) in [5.41, 5.74) is 4.43. The molecule has 2 aromatic rings. The number of benzene rings is 2. The van der Waals surface area contributed by atoms with Crippen molar-refractivity contribution in [1.82, 2.24) is 5.32 Å². The Labute approximate surface area is 130 Å². The zero-order valence-electron chi connectivity index (χ0n) is 12.8. The van der Waals surface area contributed by atoms with Crippen molar-refractivity contribution in [2.45, 2.75) is 25.8 Å². The molecule has 22 heavy (non-hydrogen) atoms. The largest absolute Gasteiger partial charge is 0.497 e. The maximum absolute atomic E-state index is 12.2. The summed E-state index contributed by atoms with van der Waals surface area (Å²) in [6.45, 7) is 1.95. The molecular weight excluding hydrogens is 276 g/mol. The first kappa shape index (κ1) is 14.4. The van der Waals surface area contributed by atoms with Crippen molar-refractivity contribution in [3.63, 3.8) is 0 Å². The zero-order valence-corrected chi connectivity index (χ0v) is 12.8. The fourth-order valence-electron chi connectivity index (χ4n) is 2.91. The predicted molar refractivity (Wildman–Crippen MR) is 87.5 cm³/mol. The van der Waals surface area contributed by atoms with Gasteiger partial charge in [0, 0.05) is 11.7 Å². The molecule has 4 nitrogen and oxygen atoms in total. The molecule has 0 saturated heterocycles. The first-order valence-electron chi connectivity index (χ1n) is 7.44. The van der Waals surface area contributed by atoms with E-state index in [-0.39, 0.29) is 12.1 Å². The van der Waals surface area contributed by atoms with Crippen LogP contribution in [-0.2, 0) is 12.8 Å². The Morgan fingerprint density at radius 1 is 1.14 bits per heavy atom. The van der Waals surface area contributed by atoms with Crippen LogP contribution in [0.2, 0.25) is 0 Å². The van der Waals surface area contributed by atoms with Gasteiger partial charge in [0.1, 0.15) is 5.75 Å². The summed E-state index contributed by atoms with van der Waals surface area (Å²) in [5, 5.41) is 5.96. The standard InChI is InChI=1S/C18H20N2O2/c1-12-9-16(22-2)7-8-17(12)20-18(21)19-15-10-13-5-3-4-6-14(13)11-15/h3-9,15H,10-11H2,1-2H3,(H2,19,20,21). The minimum absolute atomic E-state index is 0.161. The van der Waals surface area contributed by atoms with Gasteiger partial charge in [0.15, 0.2) is 0 Å². The van der Waals surface area contributed by atoms with Crippen LogP contribution in [0.25, 0.3) is 0 Å². The molecule has 0 spiro atoms. The number of hydrogen-bond acceptors (Lipinski definition) is 2. The van der Waals surface area contributed by atoms with Crippen LogP contribution in [-0.4, -0.2) is 19.2 Å². The molecular formula is C18H20N2O2. The lowest BCUT2D eigenvalue weighted by Crippen LogP contribution is -2.38. The highest BCUT2D eigenvalue weighted by molar-refractivity contribution is 5.90. The molecule has 1 aliphatic carbocycles. The van der Waals surface area contributed by atoms with Gasteiger partial charge in [0.25, 0.3) is 0 Å². The fourth-order valence-corrected chi connectivity index (χ4v) is 2.91. The smallest absolute Gasteiger partial charge is 0.319 e. The highest BCUT2D eigenvalue weighted by Crippen LogP contribution is 2.23. The minimum atomic E-state index is -0.161. The highest BCUT2D eigenvalue weighted by atomic mass is 16.5. The Morgan fingerprint density at radius 2 is 1.82 bits per heavy atom. The Hall–Kier alpha value is -2.49. The quantitative estimate of drug-likeness (QED) is 0.913. The maximum Gasteiger partial charge on any atom is 0.319 e. The van der Waals surface area contributed by atoms with Crippen molar-refractivity contribution < 1.29 is 9.53 Å². The Kier molecular flexibility index (Phi) is 4.00. The molecule has 0 fully saturated rings. The third-order valence-electron chi connectivity index (χ3n) is 4.07. The number of ether oxygens (including phenoxy) is 1. The first-order chi connectivity index (χ1) is 10.7. The lowest BCUT2D eigenvalue weighted by molar-refractivity contribution is 0.249. The molecule has 0 aromatic heterocycles. The second-order valence-electron chi connectivity index (χ2n) is 5.65. The van der Waals surface area contributed by atoms with Gasteiger partial charge in [0.05, 0.1) is 7.11 Å². The molecule has 2 aromatic carbocycles. The van der Waals surface area contributed by atoms with E-state index in [1.54, 1.807) is 7.11 Å². The van der Waals surface area contributed by atoms with Crippen LogP contribution in [0.1, 0.15) is 16.7 Å². The average molecular weight is 296 g/mol. The number of carbonyl (C=O) groups excluding carboxylic acids is 1. The molecule has 0 saturated carbocycles. The van der Waals surface area contributed by atoms with Gasteiger partial charge < -0.3 is 15.4 Å². The molecule has 114 valence electrons. The first-order valence-corrected chi connectivity index (χ1v) is 7.44. The summed E-state index contributed by atoms with van der Waals surface area (Å²) < 4.78 is 5.17.